The molecule has 1 aliphatic rings. The van der Waals surface area contributed by atoms with Gasteiger partial charge in [0.2, 0.25) is 5.91 Å². The Morgan fingerprint density at radius 3 is 2.64 bits per heavy atom. The van der Waals surface area contributed by atoms with Gasteiger partial charge in [0.15, 0.2) is 0 Å². The van der Waals surface area contributed by atoms with Crippen molar-refractivity contribution in [3.05, 3.63) is 46.8 Å². The molecule has 1 fully saturated rings. The molecule has 2 heterocycles. The number of hydrogen-bond acceptors (Lipinski definition) is 5. The Hall–Kier alpha value is -2.05. The molecule has 2 N–H and O–H groups in total. The van der Waals surface area contributed by atoms with Gasteiger partial charge in [-0.3, -0.25) is 4.79 Å². The summed E-state index contributed by atoms with van der Waals surface area (Å²) in [6.07, 6.45) is 1.29. The van der Waals surface area contributed by atoms with Crippen molar-refractivity contribution in [2.24, 2.45) is 5.73 Å². The normalized spacial score (nSPS) is 16.6. The fourth-order valence-corrected chi connectivity index (χ4v) is 2.87. The molecule has 1 atom stereocenters. The molecule has 0 bridgehead atoms. The summed E-state index contributed by atoms with van der Waals surface area (Å²) in [5.41, 5.74) is 8.64. The zero-order valence-electron chi connectivity index (χ0n) is 14.5. The lowest BCUT2D eigenvalue weighted by molar-refractivity contribution is -0.129. The summed E-state index contributed by atoms with van der Waals surface area (Å²) in [7, 11) is 0. The number of amides is 1. The highest BCUT2D eigenvalue weighted by Gasteiger charge is 2.23. The molecule has 136 valence electrons. The number of aryl methyl sites for hydroxylation is 2. The Morgan fingerprint density at radius 1 is 1.36 bits per heavy atom. The molecule has 3 rings (SSSR count). The van der Waals surface area contributed by atoms with Gasteiger partial charge in [-0.25, -0.2) is 0 Å². The van der Waals surface area contributed by atoms with Crippen LogP contribution in [0.2, 0.25) is 0 Å². The Balaban J connectivity index is 0.00000225. The molecule has 1 aromatic heterocycles. The Bertz CT molecular complexity index is 695. The van der Waals surface area contributed by atoms with Crippen LogP contribution in [0.25, 0.3) is 0 Å². The predicted octanol–water partition coefficient (Wildman–Crippen LogP) is 2.39. The smallest absolute Gasteiger partial charge is 0.227 e. The van der Waals surface area contributed by atoms with E-state index in [9.17, 15) is 4.79 Å². The number of benzene rings is 1. The van der Waals surface area contributed by atoms with Gasteiger partial charge in [-0.15, -0.1) is 12.4 Å². The number of carbonyl (C=O) groups excluding carboxylic acids is 1. The molecule has 2 aromatic rings. The second-order valence-corrected chi connectivity index (χ2v) is 6.30. The number of ether oxygens (including phenoxy) is 1. The summed E-state index contributed by atoms with van der Waals surface area (Å²) >= 11 is 0. The lowest BCUT2D eigenvalue weighted by atomic mass is 10.1. The number of likely N-dealkylation sites (tertiary alicyclic amines) is 1. The van der Waals surface area contributed by atoms with Gasteiger partial charge in [-0.2, -0.15) is 0 Å². The topological polar surface area (TPSA) is 81.6 Å². The number of aromatic nitrogens is 1. The first-order valence-corrected chi connectivity index (χ1v) is 8.20. The molecule has 1 amide bonds. The van der Waals surface area contributed by atoms with Gasteiger partial charge in [-0.1, -0.05) is 17.3 Å². The molecule has 0 spiro atoms. The average molecular weight is 366 g/mol. The van der Waals surface area contributed by atoms with E-state index >= 15 is 0 Å². The van der Waals surface area contributed by atoms with Gasteiger partial charge < -0.3 is 19.9 Å². The maximum Gasteiger partial charge on any atom is 0.227 e. The van der Waals surface area contributed by atoms with Crippen molar-refractivity contribution >= 4 is 18.3 Å². The van der Waals surface area contributed by atoms with Crippen LogP contribution in [0.4, 0.5) is 0 Å². The lowest BCUT2D eigenvalue weighted by Crippen LogP contribution is -2.32. The summed E-state index contributed by atoms with van der Waals surface area (Å²) in [5.74, 6) is 1.67. The number of halogens is 1. The highest BCUT2D eigenvalue weighted by molar-refractivity contribution is 5.85. The molecular formula is C18H24ClN3O3. The Labute approximate surface area is 153 Å². The van der Waals surface area contributed by atoms with Crippen molar-refractivity contribution < 1.29 is 14.1 Å². The largest absolute Gasteiger partial charge is 0.489 e. The molecule has 1 saturated heterocycles. The van der Waals surface area contributed by atoms with E-state index < -0.39 is 0 Å². The SMILES string of the molecule is Cc1noc(C)c1COc1ccc(CC(=O)N2CC[C@@H](N)C2)cc1.Cl. The third kappa shape index (κ3) is 4.74. The van der Waals surface area contributed by atoms with E-state index in [4.69, 9.17) is 15.0 Å². The highest BCUT2D eigenvalue weighted by atomic mass is 35.5. The van der Waals surface area contributed by atoms with Crippen LogP contribution in [0.5, 0.6) is 5.75 Å². The molecule has 0 aliphatic carbocycles. The average Bonchev–Trinajstić information content (AvgIpc) is 3.13. The van der Waals surface area contributed by atoms with Crippen LogP contribution in [-0.4, -0.2) is 35.1 Å². The van der Waals surface area contributed by atoms with E-state index in [-0.39, 0.29) is 24.4 Å². The predicted molar refractivity (Wildman–Crippen MR) is 96.9 cm³/mol. The standard InChI is InChI=1S/C18H23N3O3.ClH/c1-12-17(13(2)24-20-12)11-23-16-5-3-14(4-6-16)9-18(22)21-8-7-15(19)10-21;/h3-6,15H,7-11,19H2,1-2H3;1H/t15-;/m1./s1. The van der Waals surface area contributed by atoms with Gasteiger partial charge in [0.1, 0.15) is 18.1 Å². The molecule has 1 aliphatic heterocycles. The second-order valence-electron chi connectivity index (χ2n) is 6.30. The summed E-state index contributed by atoms with van der Waals surface area (Å²) in [6, 6.07) is 7.74. The third-order valence-electron chi connectivity index (χ3n) is 4.42. The van der Waals surface area contributed by atoms with Crippen molar-refractivity contribution in [2.45, 2.75) is 39.3 Å². The van der Waals surface area contributed by atoms with E-state index in [1.807, 2.05) is 43.0 Å². The van der Waals surface area contributed by atoms with Crippen LogP contribution in [-0.2, 0) is 17.8 Å². The van der Waals surface area contributed by atoms with Gasteiger partial charge in [-0.05, 0) is 38.0 Å². The van der Waals surface area contributed by atoms with Crippen molar-refractivity contribution in [3.63, 3.8) is 0 Å². The monoisotopic (exact) mass is 365 g/mol. The molecule has 0 unspecified atom stereocenters. The quantitative estimate of drug-likeness (QED) is 0.879. The van der Waals surface area contributed by atoms with Crippen LogP contribution in [0.15, 0.2) is 28.8 Å². The summed E-state index contributed by atoms with van der Waals surface area (Å²) in [5, 5.41) is 3.91. The molecule has 1 aromatic carbocycles. The summed E-state index contributed by atoms with van der Waals surface area (Å²) in [6.45, 7) is 5.62. The zero-order valence-corrected chi connectivity index (χ0v) is 15.3. The third-order valence-corrected chi connectivity index (χ3v) is 4.42. The van der Waals surface area contributed by atoms with Crippen molar-refractivity contribution in [3.8, 4) is 5.75 Å². The van der Waals surface area contributed by atoms with E-state index in [2.05, 4.69) is 5.16 Å². The van der Waals surface area contributed by atoms with Crippen LogP contribution in [0.3, 0.4) is 0 Å². The second kappa shape index (κ2) is 8.36. The summed E-state index contributed by atoms with van der Waals surface area (Å²) < 4.78 is 10.9. The number of nitrogens with zero attached hydrogens (tertiary/aromatic N) is 2. The molecular weight excluding hydrogens is 342 g/mol. The van der Waals surface area contributed by atoms with Crippen LogP contribution in [0, 0.1) is 13.8 Å². The first-order valence-electron chi connectivity index (χ1n) is 8.20. The Morgan fingerprint density at radius 2 is 2.08 bits per heavy atom. The fraction of sp³-hybridized carbons (Fsp3) is 0.444. The number of carbonyl (C=O) groups is 1. The molecule has 25 heavy (non-hydrogen) atoms. The maximum absolute atomic E-state index is 12.2. The van der Waals surface area contributed by atoms with Crippen molar-refractivity contribution in [1.29, 1.82) is 0 Å². The number of nitrogens with two attached hydrogens (primary N) is 1. The van der Waals surface area contributed by atoms with Gasteiger partial charge in [0, 0.05) is 19.1 Å². The van der Waals surface area contributed by atoms with Crippen LogP contribution < -0.4 is 10.5 Å². The van der Waals surface area contributed by atoms with Crippen molar-refractivity contribution in [2.75, 3.05) is 13.1 Å². The van der Waals surface area contributed by atoms with Gasteiger partial charge in [0.05, 0.1) is 17.7 Å². The minimum atomic E-state index is 0. The van der Waals surface area contributed by atoms with Gasteiger partial charge >= 0.3 is 0 Å². The van der Waals surface area contributed by atoms with E-state index in [1.165, 1.54) is 0 Å². The van der Waals surface area contributed by atoms with E-state index in [0.29, 0.717) is 19.6 Å². The number of hydrogen-bond donors (Lipinski definition) is 1. The highest BCUT2D eigenvalue weighted by Crippen LogP contribution is 2.18. The van der Waals surface area contributed by atoms with Crippen LogP contribution in [0.1, 0.15) is 29.0 Å². The van der Waals surface area contributed by atoms with E-state index in [0.717, 1.165) is 41.3 Å². The molecule has 0 saturated carbocycles. The number of rotatable bonds is 5. The van der Waals surface area contributed by atoms with E-state index in [1.54, 1.807) is 0 Å². The first-order chi connectivity index (χ1) is 11.5. The Kier molecular flexibility index (Phi) is 6.45. The minimum absolute atomic E-state index is 0. The molecule has 0 radical (unpaired) electrons. The first kappa shape index (κ1) is 19.3. The fourth-order valence-electron chi connectivity index (χ4n) is 2.87. The van der Waals surface area contributed by atoms with Gasteiger partial charge in [0.25, 0.3) is 0 Å². The zero-order chi connectivity index (χ0) is 17.1. The molecule has 7 heteroatoms. The molecule has 6 nitrogen and oxygen atoms in total. The minimum Gasteiger partial charge on any atom is -0.489 e. The lowest BCUT2D eigenvalue weighted by Gasteiger charge is -2.15. The van der Waals surface area contributed by atoms with Crippen molar-refractivity contribution in [1.82, 2.24) is 10.1 Å². The maximum atomic E-state index is 12.2. The van der Waals surface area contributed by atoms with Crippen LogP contribution >= 0.6 is 12.4 Å². The summed E-state index contributed by atoms with van der Waals surface area (Å²) in [4.78, 5) is 14.1.